The largest absolute Gasteiger partial charge is 0.325 e. The van der Waals surface area contributed by atoms with Gasteiger partial charge < -0.3 is 9.88 Å². The first-order valence-corrected chi connectivity index (χ1v) is 9.80. The minimum Gasteiger partial charge on any atom is -0.325 e. The van der Waals surface area contributed by atoms with Crippen LogP contribution in [0.1, 0.15) is 17.6 Å². The molecule has 1 unspecified atom stereocenters. The first kappa shape index (κ1) is 18.0. The summed E-state index contributed by atoms with van der Waals surface area (Å²) in [6, 6.07) is 11.1. The quantitative estimate of drug-likeness (QED) is 0.637. The van der Waals surface area contributed by atoms with Crippen molar-refractivity contribution in [2.24, 2.45) is 7.05 Å². The van der Waals surface area contributed by atoms with Crippen molar-refractivity contribution in [2.45, 2.75) is 23.8 Å². The maximum Gasteiger partial charge on any atom is 0.237 e. The maximum absolute atomic E-state index is 12.4. The summed E-state index contributed by atoms with van der Waals surface area (Å²) in [6.45, 7) is 1.85. The zero-order valence-electron chi connectivity index (χ0n) is 13.8. The number of halogens is 1. The molecule has 2 aromatic heterocycles. The predicted octanol–water partition coefficient (Wildman–Crippen LogP) is 4.24. The van der Waals surface area contributed by atoms with Crippen molar-refractivity contribution in [3.05, 3.63) is 57.5 Å². The summed E-state index contributed by atoms with van der Waals surface area (Å²) in [7, 11) is 1.93. The number of carbonyl (C=O) groups is 1. The molecule has 3 rings (SSSR count). The highest BCUT2D eigenvalue weighted by Gasteiger charge is 2.19. The van der Waals surface area contributed by atoms with Gasteiger partial charge in [0.2, 0.25) is 5.91 Å². The number of hydrogen-bond acceptors (Lipinski definition) is 5. The molecule has 0 spiro atoms. The van der Waals surface area contributed by atoms with Crippen molar-refractivity contribution >= 4 is 46.3 Å². The molecule has 1 amide bonds. The normalized spacial score (nSPS) is 12.1. The Kier molecular flexibility index (Phi) is 5.78. The van der Waals surface area contributed by atoms with Crippen LogP contribution < -0.4 is 5.32 Å². The van der Waals surface area contributed by atoms with E-state index in [1.165, 1.54) is 16.6 Å². The van der Waals surface area contributed by atoms with E-state index >= 15 is 0 Å². The molecule has 8 heteroatoms. The van der Waals surface area contributed by atoms with Crippen molar-refractivity contribution in [3.8, 4) is 0 Å². The summed E-state index contributed by atoms with van der Waals surface area (Å²) in [5, 5.41) is 14.5. The lowest BCUT2D eigenvalue weighted by Gasteiger charge is -2.11. The number of carbonyl (C=O) groups excluding carboxylic acids is 1. The van der Waals surface area contributed by atoms with E-state index in [9.17, 15) is 4.79 Å². The predicted molar refractivity (Wildman–Crippen MR) is 104 cm³/mol. The lowest BCUT2D eigenvalue weighted by Crippen LogP contribution is -2.22. The summed E-state index contributed by atoms with van der Waals surface area (Å²) < 4.78 is 1.94. The van der Waals surface area contributed by atoms with E-state index in [4.69, 9.17) is 11.6 Å². The minimum absolute atomic E-state index is 0.0878. The van der Waals surface area contributed by atoms with Gasteiger partial charge in [-0.1, -0.05) is 29.4 Å². The Hall–Kier alpha value is -1.83. The summed E-state index contributed by atoms with van der Waals surface area (Å²) in [4.78, 5) is 13.6. The molecule has 0 radical (unpaired) electrons. The van der Waals surface area contributed by atoms with E-state index in [1.54, 1.807) is 35.6 Å². The average Bonchev–Trinajstić information content (AvgIpc) is 3.22. The Morgan fingerprint density at radius 2 is 2.08 bits per heavy atom. The summed E-state index contributed by atoms with van der Waals surface area (Å²) >= 11 is 8.94. The van der Waals surface area contributed by atoms with Gasteiger partial charge in [-0.25, -0.2) is 0 Å². The van der Waals surface area contributed by atoms with Crippen LogP contribution in [-0.4, -0.2) is 25.9 Å². The summed E-state index contributed by atoms with van der Waals surface area (Å²) in [5.41, 5.74) is 0.721. The van der Waals surface area contributed by atoms with Crippen LogP contribution in [0.4, 0.5) is 5.69 Å². The molecule has 130 valence electrons. The number of nitrogens with one attached hydrogen (secondary N) is 1. The molecule has 0 bridgehead atoms. The number of benzene rings is 1. The van der Waals surface area contributed by atoms with E-state index < -0.39 is 0 Å². The Labute approximate surface area is 159 Å². The fraction of sp³-hybridized carbons (Fsp3) is 0.235. The van der Waals surface area contributed by atoms with Crippen LogP contribution in [0, 0.1) is 0 Å². The molecule has 0 saturated carbocycles. The van der Waals surface area contributed by atoms with E-state index in [2.05, 4.69) is 21.6 Å². The first-order chi connectivity index (χ1) is 12.0. The number of amides is 1. The van der Waals surface area contributed by atoms with E-state index in [1.807, 2.05) is 30.0 Å². The third-order valence-corrected chi connectivity index (χ3v) is 5.86. The first-order valence-electron chi connectivity index (χ1n) is 7.66. The van der Waals surface area contributed by atoms with Crippen LogP contribution in [0.25, 0.3) is 0 Å². The molecule has 0 aliphatic rings. The van der Waals surface area contributed by atoms with Gasteiger partial charge in [-0.2, -0.15) is 0 Å². The van der Waals surface area contributed by atoms with Crippen LogP contribution in [0.5, 0.6) is 0 Å². The number of thiophene rings is 1. The van der Waals surface area contributed by atoms with Crippen LogP contribution >= 0.6 is 34.7 Å². The van der Waals surface area contributed by atoms with E-state index in [0.717, 1.165) is 23.1 Å². The van der Waals surface area contributed by atoms with Crippen LogP contribution in [-0.2, 0) is 18.3 Å². The molecule has 3 aromatic rings. The van der Waals surface area contributed by atoms with Gasteiger partial charge in [0.25, 0.3) is 0 Å². The minimum atomic E-state index is -0.298. The number of nitrogens with zero attached hydrogens (tertiary/aromatic N) is 3. The van der Waals surface area contributed by atoms with Gasteiger partial charge in [-0.15, -0.1) is 21.5 Å². The fourth-order valence-electron chi connectivity index (χ4n) is 2.16. The van der Waals surface area contributed by atoms with Crippen molar-refractivity contribution in [1.82, 2.24) is 14.8 Å². The summed E-state index contributed by atoms with van der Waals surface area (Å²) in [6.07, 6.45) is 0.743. The van der Waals surface area contributed by atoms with Gasteiger partial charge in [0.1, 0.15) is 5.82 Å². The zero-order valence-corrected chi connectivity index (χ0v) is 16.2. The molecule has 1 N–H and O–H groups in total. The number of thioether (sulfide) groups is 1. The van der Waals surface area contributed by atoms with Crippen molar-refractivity contribution < 1.29 is 4.79 Å². The molecule has 0 aliphatic heterocycles. The smallest absolute Gasteiger partial charge is 0.237 e. The highest BCUT2D eigenvalue weighted by molar-refractivity contribution is 8.00. The van der Waals surface area contributed by atoms with Gasteiger partial charge >= 0.3 is 0 Å². The number of rotatable bonds is 6. The average molecular weight is 393 g/mol. The number of hydrogen-bond donors (Lipinski definition) is 1. The van der Waals surface area contributed by atoms with Gasteiger partial charge in [0.15, 0.2) is 5.16 Å². The van der Waals surface area contributed by atoms with Crippen LogP contribution in [0.3, 0.4) is 0 Å². The highest BCUT2D eigenvalue weighted by atomic mass is 35.5. The Balaban J connectivity index is 1.62. The van der Waals surface area contributed by atoms with Crippen LogP contribution in [0.15, 0.2) is 46.9 Å². The van der Waals surface area contributed by atoms with Crippen molar-refractivity contribution in [3.63, 3.8) is 0 Å². The van der Waals surface area contributed by atoms with Crippen molar-refractivity contribution in [1.29, 1.82) is 0 Å². The molecule has 5 nitrogen and oxygen atoms in total. The molecule has 0 saturated heterocycles. The second-order valence-electron chi connectivity index (χ2n) is 5.47. The lowest BCUT2D eigenvalue weighted by molar-refractivity contribution is -0.115. The molecule has 1 aromatic carbocycles. The standard InChI is InChI=1S/C17H17ClN4OS2/c1-11(16(23)19-13-7-5-12(18)6-8-13)25-17-21-20-15(22(17)2)10-14-4-3-9-24-14/h3-9,11H,10H2,1-2H3,(H,19,23). The second-order valence-corrected chi connectivity index (χ2v) is 8.25. The lowest BCUT2D eigenvalue weighted by atomic mass is 10.3. The van der Waals surface area contributed by atoms with E-state index in [-0.39, 0.29) is 11.2 Å². The SMILES string of the molecule is CC(Sc1nnc(Cc2cccs2)n1C)C(=O)Nc1ccc(Cl)cc1. The van der Waals surface area contributed by atoms with Gasteiger partial charge in [0, 0.05) is 29.1 Å². The molecule has 1 atom stereocenters. The topological polar surface area (TPSA) is 59.8 Å². The molecular formula is C17H17ClN4OS2. The summed E-state index contributed by atoms with van der Waals surface area (Å²) in [5.74, 6) is 0.797. The molecular weight excluding hydrogens is 376 g/mol. The van der Waals surface area contributed by atoms with Crippen LogP contribution in [0.2, 0.25) is 5.02 Å². The Bertz CT molecular complexity index is 846. The van der Waals surface area contributed by atoms with Crippen molar-refractivity contribution in [2.75, 3.05) is 5.32 Å². The fourth-order valence-corrected chi connectivity index (χ4v) is 3.82. The molecule has 2 heterocycles. The Morgan fingerprint density at radius 1 is 1.32 bits per heavy atom. The molecule has 0 fully saturated rings. The van der Waals surface area contributed by atoms with Gasteiger partial charge in [-0.3, -0.25) is 4.79 Å². The molecule has 0 aliphatic carbocycles. The zero-order chi connectivity index (χ0) is 17.8. The maximum atomic E-state index is 12.4. The molecule has 25 heavy (non-hydrogen) atoms. The number of anilines is 1. The third kappa shape index (κ3) is 4.62. The van der Waals surface area contributed by atoms with Gasteiger partial charge in [0.05, 0.1) is 5.25 Å². The highest BCUT2D eigenvalue weighted by Crippen LogP contribution is 2.24. The second kappa shape index (κ2) is 8.03. The Morgan fingerprint density at radius 3 is 2.76 bits per heavy atom. The van der Waals surface area contributed by atoms with Gasteiger partial charge in [-0.05, 0) is 42.6 Å². The number of aromatic nitrogens is 3. The van der Waals surface area contributed by atoms with E-state index in [0.29, 0.717) is 5.02 Å². The third-order valence-electron chi connectivity index (χ3n) is 3.60. The monoisotopic (exact) mass is 392 g/mol.